The molecule has 1 amide bonds. The summed E-state index contributed by atoms with van der Waals surface area (Å²) in [5, 5.41) is 16.2. The Hall–Kier alpha value is -4.34. The van der Waals surface area contributed by atoms with Gasteiger partial charge in [-0.1, -0.05) is 54.6 Å². The molecule has 0 spiro atoms. The average molecular weight is 450 g/mol. The Morgan fingerprint density at radius 1 is 0.970 bits per heavy atom. The van der Waals surface area contributed by atoms with Crippen molar-refractivity contribution in [1.29, 1.82) is 0 Å². The minimum Gasteiger partial charge on any atom is -0.267 e. The van der Waals surface area contributed by atoms with Crippen molar-refractivity contribution in [3.63, 3.8) is 0 Å². The van der Waals surface area contributed by atoms with Gasteiger partial charge in [-0.05, 0) is 40.6 Å². The number of amides is 1. The summed E-state index contributed by atoms with van der Waals surface area (Å²) in [6.45, 7) is 0.383. The lowest BCUT2D eigenvalue weighted by Gasteiger charge is -2.05. The van der Waals surface area contributed by atoms with Crippen LogP contribution in [-0.2, 0) is 12.7 Å². The monoisotopic (exact) mass is 450 g/mol. The lowest BCUT2D eigenvalue weighted by Crippen LogP contribution is -2.17. The summed E-state index contributed by atoms with van der Waals surface area (Å²) in [6, 6.07) is 20.7. The SMILES string of the molecule is O=C(N/N=C\c1ccc(C(F)(F)F)cc1)c1ccc(Cn2nnc(-c3ccccc3)n2)cc1. The van der Waals surface area contributed by atoms with Gasteiger partial charge < -0.3 is 0 Å². The van der Waals surface area contributed by atoms with Gasteiger partial charge in [-0.3, -0.25) is 4.79 Å². The number of carbonyl (C=O) groups excluding carboxylic acids is 1. The molecule has 0 aliphatic carbocycles. The van der Waals surface area contributed by atoms with Crippen LogP contribution in [0.4, 0.5) is 13.2 Å². The Labute approximate surface area is 186 Å². The fourth-order valence-electron chi connectivity index (χ4n) is 2.93. The Bertz CT molecular complexity index is 1250. The number of hydrogen-bond acceptors (Lipinski definition) is 5. The molecule has 1 N–H and O–H groups in total. The summed E-state index contributed by atoms with van der Waals surface area (Å²) in [4.78, 5) is 13.7. The normalized spacial score (nSPS) is 11.6. The third-order valence-corrected chi connectivity index (χ3v) is 4.64. The van der Waals surface area contributed by atoms with E-state index in [-0.39, 0.29) is 0 Å². The molecule has 166 valence electrons. The van der Waals surface area contributed by atoms with Crippen LogP contribution in [0.2, 0.25) is 0 Å². The Kier molecular flexibility index (Phi) is 6.25. The van der Waals surface area contributed by atoms with E-state index in [1.54, 1.807) is 24.3 Å². The highest BCUT2D eigenvalue weighted by Crippen LogP contribution is 2.28. The van der Waals surface area contributed by atoms with Crippen LogP contribution in [0.1, 0.15) is 27.0 Å². The fourth-order valence-corrected chi connectivity index (χ4v) is 2.93. The van der Waals surface area contributed by atoms with Crippen LogP contribution in [0.15, 0.2) is 84.0 Å². The number of carbonyl (C=O) groups is 1. The first kappa shape index (κ1) is 21.9. The van der Waals surface area contributed by atoms with Gasteiger partial charge in [0.1, 0.15) is 0 Å². The molecule has 0 aliphatic heterocycles. The third-order valence-electron chi connectivity index (χ3n) is 4.64. The molecule has 0 atom stereocenters. The van der Waals surface area contributed by atoms with Gasteiger partial charge in [0.25, 0.3) is 5.91 Å². The van der Waals surface area contributed by atoms with Crippen molar-refractivity contribution in [2.75, 3.05) is 0 Å². The number of hydrogen-bond donors (Lipinski definition) is 1. The van der Waals surface area contributed by atoms with Crippen molar-refractivity contribution in [3.8, 4) is 11.4 Å². The van der Waals surface area contributed by atoms with Crippen LogP contribution in [0, 0.1) is 0 Å². The van der Waals surface area contributed by atoms with Crippen molar-refractivity contribution >= 4 is 12.1 Å². The minimum atomic E-state index is -4.40. The molecule has 0 saturated carbocycles. The van der Waals surface area contributed by atoms with Crippen molar-refractivity contribution in [2.24, 2.45) is 5.10 Å². The first-order chi connectivity index (χ1) is 15.9. The molecule has 4 aromatic rings. The molecule has 0 radical (unpaired) electrons. The second kappa shape index (κ2) is 9.43. The quantitative estimate of drug-likeness (QED) is 0.353. The molecule has 33 heavy (non-hydrogen) atoms. The fraction of sp³-hybridized carbons (Fsp3) is 0.0870. The maximum Gasteiger partial charge on any atom is 0.416 e. The van der Waals surface area contributed by atoms with Crippen LogP contribution in [-0.4, -0.2) is 32.3 Å². The highest BCUT2D eigenvalue weighted by molar-refractivity contribution is 5.94. The molecule has 7 nitrogen and oxygen atoms in total. The smallest absolute Gasteiger partial charge is 0.267 e. The molecule has 1 aromatic heterocycles. The van der Waals surface area contributed by atoms with Gasteiger partial charge in [-0.15, -0.1) is 10.2 Å². The number of alkyl halides is 3. The molecular formula is C23H17F3N6O. The van der Waals surface area contributed by atoms with E-state index in [0.717, 1.165) is 23.3 Å². The van der Waals surface area contributed by atoms with Gasteiger partial charge in [0.05, 0.1) is 18.3 Å². The van der Waals surface area contributed by atoms with Crippen molar-refractivity contribution in [3.05, 3.63) is 101 Å². The summed E-state index contributed by atoms with van der Waals surface area (Å²) in [5.74, 6) is 0.0764. The maximum atomic E-state index is 12.6. The molecule has 1 heterocycles. The molecule has 10 heteroatoms. The molecule has 0 saturated heterocycles. The number of halogens is 3. The van der Waals surface area contributed by atoms with E-state index in [9.17, 15) is 18.0 Å². The van der Waals surface area contributed by atoms with E-state index < -0.39 is 17.6 Å². The van der Waals surface area contributed by atoms with Crippen LogP contribution in [0.5, 0.6) is 0 Å². The molecule has 3 aromatic carbocycles. The number of aromatic nitrogens is 4. The van der Waals surface area contributed by atoms with Gasteiger partial charge in [-0.25, -0.2) is 5.43 Å². The number of nitrogens with one attached hydrogen (secondary N) is 1. The van der Waals surface area contributed by atoms with E-state index in [4.69, 9.17) is 0 Å². The Morgan fingerprint density at radius 3 is 2.33 bits per heavy atom. The van der Waals surface area contributed by atoms with E-state index >= 15 is 0 Å². The van der Waals surface area contributed by atoms with Gasteiger partial charge in [0.2, 0.25) is 5.82 Å². The average Bonchev–Trinajstić information content (AvgIpc) is 3.28. The predicted octanol–water partition coefficient (Wildman–Crippen LogP) is 4.17. The highest BCUT2D eigenvalue weighted by Gasteiger charge is 2.29. The highest BCUT2D eigenvalue weighted by atomic mass is 19.4. The van der Waals surface area contributed by atoms with Crippen molar-refractivity contribution in [1.82, 2.24) is 25.6 Å². The van der Waals surface area contributed by atoms with Crippen LogP contribution in [0.3, 0.4) is 0 Å². The Morgan fingerprint density at radius 2 is 1.67 bits per heavy atom. The third kappa shape index (κ3) is 5.67. The molecular weight excluding hydrogens is 433 g/mol. The van der Waals surface area contributed by atoms with Crippen molar-refractivity contribution in [2.45, 2.75) is 12.7 Å². The summed E-state index contributed by atoms with van der Waals surface area (Å²) in [7, 11) is 0. The lowest BCUT2D eigenvalue weighted by atomic mass is 10.1. The first-order valence-electron chi connectivity index (χ1n) is 9.81. The standard InChI is InChI=1S/C23H17F3N6O/c24-23(25,26)20-12-8-16(9-13-20)14-27-29-22(33)19-10-6-17(7-11-19)15-32-30-21(28-31-32)18-4-2-1-3-5-18/h1-14H,15H2,(H,29,33)/b27-14-. The largest absolute Gasteiger partial charge is 0.416 e. The number of nitrogens with zero attached hydrogens (tertiary/aromatic N) is 5. The topological polar surface area (TPSA) is 85.1 Å². The minimum absolute atomic E-state index is 0.375. The van der Waals surface area contributed by atoms with Crippen LogP contribution >= 0.6 is 0 Å². The summed E-state index contributed by atoms with van der Waals surface area (Å²) < 4.78 is 37.8. The van der Waals surface area contributed by atoms with Gasteiger partial charge in [-0.2, -0.15) is 23.1 Å². The summed E-state index contributed by atoms with van der Waals surface area (Å²) in [5.41, 5.74) is 4.14. The zero-order valence-electron chi connectivity index (χ0n) is 17.1. The van der Waals surface area contributed by atoms with Gasteiger partial charge >= 0.3 is 6.18 Å². The predicted molar refractivity (Wildman–Crippen MR) is 115 cm³/mol. The van der Waals surface area contributed by atoms with E-state index in [0.29, 0.717) is 23.5 Å². The Balaban J connectivity index is 1.33. The van der Waals surface area contributed by atoms with Gasteiger partial charge in [0.15, 0.2) is 0 Å². The zero-order chi connectivity index (χ0) is 23.3. The number of hydrazone groups is 1. The van der Waals surface area contributed by atoms with Crippen molar-refractivity contribution < 1.29 is 18.0 Å². The molecule has 0 unspecified atom stereocenters. The number of benzene rings is 3. The van der Waals surface area contributed by atoms with E-state index in [1.165, 1.54) is 23.1 Å². The maximum absolute atomic E-state index is 12.6. The second-order valence-electron chi connectivity index (χ2n) is 7.03. The number of tetrazole rings is 1. The van der Waals surface area contributed by atoms with Crippen LogP contribution < -0.4 is 5.43 Å². The molecule has 4 rings (SSSR count). The van der Waals surface area contributed by atoms with Crippen LogP contribution in [0.25, 0.3) is 11.4 Å². The zero-order valence-corrected chi connectivity index (χ0v) is 17.1. The second-order valence-corrected chi connectivity index (χ2v) is 7.03. The molecule has 0 bridgehead atoms. The molecule has 0 fully saturated rings. The molecule has 0 aliphatic rings. The van der Waals surface area contributed by atoms with E-state index in [2.05, 4.69) is 25.9 Å². The van der Waals surface area contributed by atoms with E-state index in [1.807, 2.05) is 30.3 Å². The summed E-state index contributed by atoms with van der Waals surface area (Å²) in [6.07, 6.45) is -3.13. The first-order valence-corrected chi connectivity index (χ1v) is 9.81. The van der Waals surface area contributed by atoms with Gasteiger partial charge in [0, 0.05) is 11.1 Å². The lowest BCUT2D eigenvalue weighted by molar-refractivity contribution is -0.137. The number of rotatable bonds is 6. The summed E-state index contributed by atoms with van der Waals surface area (Å²) >= 11 is 0.